The zero-order valence-corrected chi connectivity index (χ0v) is 11.7. The van der Waals surface area contributed by atoms with Crippen molar-refractivity contribution in [3.63, 3.8) is 0 Å². The Balaban J connectivity index is 1.90. The molecule has 0 saturated carbocycles. The fourth-order valence-electron chi connectivity index (χ4n) is 2.94. The van der Waals surface area contributed by atoms with Gasteiger partial charge >= 0.3 is 0 Å². The molecule has 5 heteroatoms. The highest BCUT2D eigenvalue weighted by molar-refractivity contribution is 5.28. The summed E-state index contributed by atoms with van der Waals surface area (Å²) < 4.78 is 1.99. The van der Waals surface area contributed by atoms with Crippen LogP contribution in [0.4, 0.5) is 0 Å². The zero-order valence-electron chi connectivity index (χ0n) is 11.7. The number of aliphatic hydroxyl groups excluding tert-OH is 1. The van der Waals surface area contributed by atoms with E-state index in [0.29, 0.717) is 6.04 Å². The van der Waals surface area contributed by atoms with Crippen LogP contribution < -0.4 is 0 Å². The van der Waals surface area contributed by atoms with Crippen molar-refractivity contribution >= 4 is 0 Å². The lowest BCUT2D eigenvalue weighted by atomic mass is 10.1. The van der Waals surface area contributed by atoms with Crippen molar-refractivity contribution in [2.75, 3.05) is 19.7 Å². The lowest BCUT2D eigenvalue weighted by molar-refractivity contribution is 0.183. The molecule has 1 N–H and O–H groups in total. The molecule has 0 unspecified atom stereocenters. The van der Waals surface area contributed by atoms with Gasteiger partial charge in [-0.05, 0) is 38.4 Å². The van der Waals surface area contributed by atoms with Crippen molar-refractivity contribution in [3.8, 4) is 5.82 Å². The van der Waals surface area contributed by atoms with Crippen LogP contribution in [-0.2, 0) is 0 Å². The summed E-state index contributed by atoms with van der Waals surface area (Å²) in [6, 6.07) is 6.46. The van der Waals surface area contributed by atoms with Gasteiger partial charge < -0.3 is 5.11 Å². The van der Waals surface area contributed by atoms with Gasteiger partial charge in [0.25, 0.3) is 0 Å². The van der Waals surface area contributed by atoms with Gasteiger partial charge in [0.15, 0.2) is 0 Å². The molecule has 2 aromatic rings. The number of hydrogen-bond donors (Lipinski definition) is 1. The van der Waals surface area contributed by atoms with Crippen LogP contribution in [0.5, 0.6) is 0 Å². The minimum atomic E-state index is 0.205. The van der Waals surface area contributed by atoms with Gasteiger partial charge in [-0.2, -0.15) is 0 Å². The molecule has 1 aliphatic heterocycles. The maximum atomic E-state index is 9.16. The predicted molar refractivity (Wildman–Crippen MR) is 76.7 cm³/mol. The largest absolute Gasteiger partial charge is 0.395 e. The molecule has 0 aliphatic carbocycles. The number of likely N-dealkylation sites (tertiary alicyclic amines) is 1. The van der Waals surface area contributed by atoms with E-state index in [0.717, 1.165) is 36.8 Å². The van der Waals surface area contributed by atoms with Crippen LogP contribution in [0.15, 0.2) is 30.6 Å². The molecule has 0 spiro atoms. The second-order valence-electron chi connectivity index (χ2n) is 5.18. The molecule has 1 fully saturated rings. The lowest BCUT2D eigenvalue weighted by Crippen LogP contribution is -2.27. The first-order chi connectivity index (χ1) is 9.79. The van der Waals surface area contributed by atoms with Crippen LogP contribution in [0.2, 0.25) is 0 Å². The van der Waals surface area contributed by atoms with Crippen LogP contribution in [0.3, 0.4) is 0 Å². The molecule has 1 atom stereocenters. The van der Waals surface area contributed by atoms with Crippen LogP contribution >= 0.6 is 0 Å². The highest BCUT2D eigenvalue weighted by atomic mass is 16.3. The fourth-order valence-corrected chi connectivity index (χ4v) is 2.94. The number of pyridine rings is 1. The molecular formula is C15H20N4O. The van der Waals surface area contributed by atoms with Gasteiger partial charge in [0.1, 0.15) is 11.6 Å². The number of aliphatic hydroxyl groups is 1. The number of aryl methyl sites for hydroxylation is 1. The summed E-state index contributed by atoms with van der Waals surface area (Å²) >= 11 is 0. The Labute approximate surface area is 118 Å². The number of nitrogens with zero attached hydrogens (tertiary/aromatic N) is 4. The molecule has 0 amide bonds. The predicted octanol–water partition coefficient (Wildman–Crippen LogP) is 1.70. The highest BCUT2D eigenvalue weighted by Gasteiger charge is 2.26. The van der Waals surface area contributed by atoms with Gasteiger partial charge in [0.2, 0.25) is 0 Å². The van der Waals surface area contributed by atoms with E-state index in [1.807, 2.05) is 29.8 Å². The van der Waals surface area contributed by atoms with Crippen molar-refractivity contribution < 1.29 is 5.11 Å². The van der Waals surface area contributed by atoms with E-state index in [1.54, 1.807) is 6.20 Å². The Kier molecular flexibility index (Phi) is 3.80. The van der Waals surface area contributed by atoms with E-state index >= 15 is 0 Å². The molecule has 106 valence electrons. The van der Waals surface area contributed by atoms with Crippen LogP contribution in [0.25, 0.3) is 5.82 Å². The Hall–Kier alpha value is -1.72. The maximum Gasteiger partial charge on any atom is 0.138 e. The summed E-state index contributed by atoms with van der Waals surface area (Å²) in [5.74, 6) is 1.85. The first-order valence-corrected chi connectivity index (χ1v) is 7.12. The topological polar surface area (TPSA) is 54.2 Å². The van der Waals surface area contributed by atoms with Crippen molar-refractivity contribution in [1.29, 1.82) is 0 Å². The molecule has 0 aromatic carbocycles. The third-order valence-electron chi connectivity index (χ3n) is 3.92. The Bertz CT molecular complexity index is 581. The summed E-state index contributed by atoms with van der Waals surface area (Å²) in [6.45, 7) is 3.95. The van der Waals surface area contributed by atoms with Gasteiger partial charge in [-0.3, -0.25) is 9.47 Å². The average molecular weight is 272 g/mol. The molecule has 3 heterocycles. The molecule has 1 saturated heterocycles. The van der Waals surface area contributed by atoms with Gasteiger partial charge in [0, 0.05) is 18.9 Å². The summed E-state index contributed by atoms with van der Waals surface area (Å²) in [6.07, 6.45) is 6.00. The smallest absolute Gasteiger partial charge is 0.138 e. The quantitative estimate of drug-likeness (QED) is 0.920. The number of hydrogen-bond acceptors (Lipinski definition) is 4. The number of imidazole rings is 1. The van der Waals surface area contributed by atoms with E-state index in [4.69, 9.17) is 10.1 Å². The zero-order chi connectivity index (χ0) is 13.9. The SMILES string of the molecule is Cc1nccn1-c1cccc([C@H]2CCCN2CCO)n1. The van der Waals surface area contributed by atoms with E-state index in [2.05, 4.69) is 16.0 Å². The second kappa shape index (κ2) is 5.73. The van der Waals surface area contributed by atoms with Gasteiger partial charge in [0.05, 0.1) is 18.3 Å². The van der Waals surface area contributed by atoms with Crippen molar-refractivity contribution in [2.45, 2.75) is 25.8 Å². The number of aromatic nitrogens is 3. The van der Waals surface area contributed by atoms with Gasteiger partial charge in [-0.1, -0.05) is 6.07 Å². The normalized spacial score (nSPS) is 19.6. The standard InChI is InChI=1S/C15H20N4O/c1-12-16-7-9-19(12)15-6-2-4-13(17-15)14-5-3-8-18(14)10-11-20/h2,4,6-7,9,14,20H,3,5,8,10-11H2,1H3/t14-/m1/s1. The summed E-state index contributed by atoms with van der Waals surface area (Å²) in [7, 11) is 0. The van der Waals surface area contributed by atoms with E-state index in [1.165, 1.54) is 6.42 Å². The lowest BCUT2D eigenvalue weighted by Gasteiger charge is -2.23. The van der Waals surface area contributed by atoms with Crippen molar-refractivity contribution in [2.24, 2.45) is 0 Å². The molecule has 0 radical (unpaired) electrons. The minimum absolute atomic E-state index is 0.205. The second-order valence-corrected chi connectivity index (χ2v) is 5.18. The van der Waals surface area contributed by atoms with Crippen molar-refractivity contribution in [1.82, 2.24) is 19.4 Å². The first kappa shape index (κ1) is 13.3. The average Bonchev–Trinajstić information content (AvgIpc) is 3.08. The van der Waals surface area contributed by atoms with Crippen LogP contribution in [-0.4, -0.2) is 44.2 Å². The number of β-amino-alcohol motifs (C(OH)–C–C–N with tert-alkyl or cyclic N) is 1. The molecule has 0 bridgehead atoms. The molecule has 5 nitrogen and oxygen atoms in total. The number of rotatable bonds is 4. The third kappa shape index (κ3) is 2.46. The first-order valence-electron chi connectivity index (χ1n) is 7.12. The van der Waals surface area contributed by atoms with Crippen molar-refractivity contribution in [3.05, 3.63) is 42.1 Å². The molecule has 2 aromatic heterocycles. The molecule has 20 heavy (non-hydrogen) atoms. The molecule has 3 rings (SSSR count). The van der Waals surface area contributed by atoms with Crippen LogP contribution in [0.1, 0.15) is 30.4 Å². The Morgan fingerprint density at radius 1 is 1.40 bits per heavy atom. The Morgan fingerprint density at radius 3 is 3.05 bits per heavy atom. The third-order valence-corrected chi connectivity index (χ3v) is 3.92. The van der Waals surface area contributed by atoms with Gasteiger partial charge in [-0.25, -0.2) is 9.97 Å². The minimum Gasteiger partial charge on any atom is -0.395 e. The fraction of sp³-hybridized carbons (Fsp3) is 0.467. The monoisotopic (exact) mass is 272 g/mol. The highest BCUT2D eigenvalue weighted by Crippen LogP contribution is 2.30. The Morgan fingerprint density at radius 2 is 2.30 bits per heavy atom. The summed E-state index contributed by atoms with van der Waals surface area (Å²) in [5.41, 5.74) is 1.08. The van der Waals surface area contributed by atoms with E-state index in [-0.39, 0.29) is 6.61 Å². The van der Waals surface area contributed by atoms with Crippen LogP contribution in [0, 0.1) is 6.92 Å². The van der Waals surface area contributed by atoms with E-state index < -0.39 is 0 Å². The van der Waals surface area contributed by atoms with E-state index in [9.17, 15) is 0 Å². The molecule has 1 aliphatic rings. The molecular weight excluding hydrogens is 252 g/mol. The maximum absolute atomic E-state index is 9.16. The summed E-state index contributed by atoms with van der Waals surface area (Å²) in [5, 5.41) is 9.16. The van der Waals surface area contributed by atoms with Gasteiger partial charge in [-0.15, -0.1) is 0 Å². The summed E-state index contributed by atoms with van der Waals surface area (Å²) in [4.78, 5) is 11.3.